The fourth-order valence-corrected chi connectivity index (χ4v) is 5.31. The first-order valence-corrected chi connectivity index (χ1v) is 11.5. The van der Waals surface area contributed by atoms with Crippen LogP contribution in [0.4, 0.5) is 0 Å². The summed E-state index contributed by atoms with van der Waals surface area (Å²) in [7, 11) is 2.91. The molecule has 1 aliphatic rings. The first kappa shape index (κ1) is 22.5. The topological polar surface area (TPSA) is 69.9 Å². The van der Waals surface area contributed by atoms with E-state index in [-0.39, 0.29) is 5.56 Å². The Morgan fingerprint density at radius 3 is 2.56 bits per heavy atom. The van der Waals surface area contributed by atoms with Gasteiger partial charge in [0, 0.05) is 5.02 Å². The van der Waals surface area contributed by atoms with Gasteiger partial charge in [0.25, 0.3) is 5.56 Å². The molecule has 0 unspecified atom stereocenters. The molecule has 0 aliphatic carbocycles. The molecule has 0 fully saturated rings. The van der Waals surface area contributed by atoms with Crippen LogP contribution in [0.25, 0.3) is 6.08 Å². The normalized spacial score (nSPS) is 15.9. The number of rotatable bonds is 4. The summed E-state index contributed by atoms with van der Waals surface area (Å²) >= 11 is 10.8. The number of benzene rings is 2. The number of allylic oxidation sites excluding steroid dienone is 1. The molecule has 0 amide bonds. The summed E-state index contributed by atoms with van der Waals surface area (Å²) in [5.74, 6) is 0.171. The zero-order valence-corrected chi connectivity index (χ0v) is 20.5. The predicted octanol–water partition coefficient (Wildman–Crippen LogP) is 3.83. The number of hydrogen-bond donors (Lipinski definition) is 0. The lowest BCUT2D eigenvalue weighted by atomic mass is 9.96. The van der Waals surface area contributed by atoms with E-state index in [1.807, 2.05) is 18.2 Å². The van der Waals surface area contributed by atoms with Crippen molar-refractivity contribution in [1.29, 1.82) is 0 Å². The van der Waals surface area contributed by atoms with Crippen molar-refractivity contribution in [2.45, 2.75) is 13.0 Å². The molecule has 0 bridgehead atoms. The Kier molecular flexibility index (Phi) is 6.37. The number of carbonyl (C=O) groups is 1. The third-order valence-electron chi connectivity index (χ3n) is 5.09. The van der Waals surface area contributed by atoms with Crippen LogP contribution in [0.3, 0.4) is 0 Å². The molecule has 9 heteroatoms. The molecule has 0 radical (unpaired) electrons. The second-order valence-corrected chi connectivity index (χ2v) is 9.32. The smallest absolute Gasteiger partial charge is 0.338 e. The fraction of sp³-hybridized carbons (Fsp3) is 0.174. The van der Waals surface area contributed by atoms with Gasteiger partial charge < -0.3 is 9.47 Å². The Balaban J connectivity index is 1.94. The predicted molar refractivity (Wildman–Crippen MR) is 128 cm³/mol. The number of esters is 1. The van der Waals surface area contributed by atoms with Gasteiger partial charge in [-0.05, 0) is 64.3 Å². The van der Waals surface area contributed by atoms with Crippen molar-refractivity contribution in [2.75, 3.05) is 14.2 Å². The van der Waals surface area contributed by atoms with Gasteiger partial charge >= 0.3 is 5.97 Å². The van der Waals surface area contributed by atoms with E-state index in [0.717, 1.165) is 15.6 Å². The maximum Gasteiger partial charge on any atom is 0.338 e. The first-order chi connectivity index (χ1) is 15.3. The van der Waals surface area contributed by atoms with Crippen molar-refractivity contribution in [3.63, 3.8) is 0 Å². The molecule has 2 heterocycles. The molecule has 32 heavy (non-hydrogen) atoms. The molecule has 0 saturated carbocycles. The van der Waals surface area contributed by atoms with E-state index >= 15 is 0 Å². The maximum absolute atomic E-state index is 13.5. The molecular weight excluding hydrogens is 516 g/mol. The first-order valence-electron chi connectivity index (χ1n) is 9.54. The van der Waals surface area contributed by atoms with Gasteiger partial charge in [-0.15, -0.1) is 0 Å². The summed E-state index contributed by atoms with van der Waals surface area (Å²) in [4.78, 5) is 31.2. The zero-order valence-electron chi connectivity index (χ0n) is 17.4. The van der Waals surface area contributed by atoms with Crippen LogP contribution in [0.1, 0.15) is 24.1 Å². The number of carbonyl (C=O) groups excluding carboxylic acids is 1. The molecule has 1 aromatic heterocycles. The number of halogens is 2. The third kappa shape index (κ3) is 4.05. The van der Waals surface area contributed by atoms with E-state index in [9.17, 15) is 9.59 Å². The number of nitrogens with zero attached hydrogens (tertiary/aromatic N) is 2. The molecule has 0 spiro atoms. The minimum Gasteiger partial charge on any atom is -0.496 e. The Hall–Kier alpha value is -2.68. The van der Waals surface area contributed by atoms with Crippen molar-refractivity contribution in [1.82, 2.24) is 4.57 Å². The zero-order chi connectivity index (χ0) is 23.0. The van der Waals surface area contributed by atoms with E-state index in [2.05, 4.69) is 20.9 Å². The SMILES string of the molecule is COC(=O)C1=C(C)N=c2s/c(=C\c3ccc(OC)c(Br)c3)c(=O)n2[C@H]1c1ccc(Cl)cc1. The minimum atomic E-state index is -0.666. The molecule has 0 saturated heterocycles. The molecule has 1 aliphatic heterocycles. The lowest BCUT2D eigenvalue weighted by Crippen LogP contribution is -2.39. The number of hydrogen-bond acceptors (Lipinski definition) is 6. The highest BCUT2D eigenvalue weighted by Crippen LogP contribution is 2.31. The molecule has 6 nitrogen and oxygen atoms in total. The molecule has 4 rings (SSSR count). The van der Waals surface area contributed by atoms with Crippen LogP contribution < -0.4 is 19.6 Å². The van der Waals surface area contributed by atoms with Gasteiger partial charge in [0.15, 0.2) is 4.80 Å². The lowest BCUT2D eigenvalue weighted by Gasteiger charge is -2.24. The van der Waals surface area contributed by atoms with Gasteiger partial charge in [0.05, 0.1) is 40.5 Å². The number of aromatic nitrogens is 1. The maximum atomic E-state index is 13.5. The van der Waals surface area contributed by atoms with Crippen LogP contribution >= 0.6 is 38.9 Å². The van der Waals surface area contributed by atoms with Crippen molar-refractivity contribution in [3.05, 3.63) is 94.0 Å². The van der Waals surface area contributed by atoms with Crippen molar-refractivity contribution < 1.29 is 14.3 Å². The Labute approximate surface area is 201 Å². The van der Waals surface area contributed by atoms with Gasteiger partial charge in [-0.2, -0.15) is 0 Å². The summed E-state index contributed by atoms with van der Waals surface area (Å²) in [6.07, 6.45) is 1.80. The Bertz CT molecular complexity index is 1420. The summed E-state index contributed by atoms with van der Waals surface area (Å²) in [6.45, 7) is 1.74. The number of ether oxygens (including phenoxy) is 2. The largest absolute Gasteiger partial charge is 0.496 e. The molecule has 1 atom stereocenters. The molecule has 0 N–H and O–H groups in total. The van der Waals surface area contributed by atoms with E-state index < -0.39 is 12.0 Å². The van der Waals surface area contributed by atoms with Crippen LogP contribution in [-0.2, 0) is 9.53 Å². The van der Waals surface area contributed by atoms with Crippen LogP contribution in [0.15, 0.2) is 68.0 Å². The summed E-state index contributed by atoms with van der Waals surface area (Å²) in [5.41, 5.74) is 2.16. The molecular formula is C23H18BrClN2O4S. The molecule has 3 aromatic rings. The van der Waals surface area contributed by atoms with E-state index in [1.165, 1.54) is 23.0 Å². The second-order valence-electron chi connectivity index (χ2n) is 7.02. The van der Waals surface area contributed by atoms with E-state index in [0.29, 0.717) is 31.4 Å². The third-order valence-corrected chi connectivity index (χ3v) is 6.94. The van der Waals surface area contributed by atoms with Crippen LogP contribution in [0, 0.1) is 0 Å². The minimum absolute atomic E-state index is 0.241. The van der Waals surface area contributed by atoms with E-state index in [4.69, 9.17) is 21.1 Å². The van der Waals surface area contributed by atoms with Gasteiger partial charge in [-0.3, -0.25) is 9.36 Å². The Morgan fingerprint density at radius 2 is 1.94 bits per heavy atom. The highest BCUT2D eigenvalue weighted by atomic mass is 79.9. The quantitative estimate of drug-likeness (QED) is 0.478. The van der Waals surface area contributed by atoms with Crippen molar-refractivity contribution >= 4 is 50.9 Å². The van der Waals surface area contributed by atoms with Crippen LogP contribution in [-0.4, -0.2) is 24.8 Å². The lowest BCUT2D eigenvalue weighted by molar-refractivity contribution is -0.136. The molecule has 164 valence electrons. The summed E-state index contributed by atoms with van der Waals surface area (Å²) in [6, 6.07) is 11.9. The highest BCUT2D eigenvalue weighted by molar-refractivity contribution is 9.10. The summed E-state index contributed by atoms with van der Waals surface area (Å²) < 4.78 is 13.1. The van der Waals surface area contributed by atoms with Crippen LogP contribution in [0.5, 0.6) is 5.75 Å². The second kappa shape index (κ2) is 9.05. The van der Waals surface area contributed by atoms with E-state index in [1.54, 1.807) is 44.4 Å². The number of fused-ring (bicyclic) bond motifs is 1. The molecule has 2 aromatic carbocycles. The number of methoxy groups -OCH3 is 2. The van der Waals surface area contributed by atoms with Gasteiger partial charge in [-0.25, -0.2) is 9.79 Å². The highest BCUT2D eigenvalue weighted by Gasteiger charge is 2.33. The number of thiazole rings is 1. The average molecular weight is 534 g/mol. The van der Waals surface area contributed by atoms with Crippen molar-refractivity contribution in [3.8, 4) is 5.75 Å². The van der Waals surface area contributed by atoms with Gasteiger partial charge in [-0.1, -0.05) is 41.1 Å². The Morgan fingerprint density at radius 1 is 1.22 bits per heavy atom. The average Bonchev–Trinajstić information content (AvgIpc) is 3.07. The van der Waals surface area contributed by atoms with Gasteiger partial charge in [0.1, 0.15) is 5.75 Å². The van der Waals surface area contributed by atoms with Gasteiger partial charge in [0.2, 0.25) is 0 Å². The fourth-order valence-electron chi connectivity index (χ4n) is 3.58. The van der Waals surface area contributed by atoms with Crippen LogP contribution in [0.2, 0.25) is 5.02 Å². The monoisotopic (exact) mass is 532 g/mol. The standard InChI is InChI=1S/C23H18BrClN2O4S/c1-12-19(22(29)31-3)20(14-5-7-15(25)8-6-14)27-21(28)18(32-23(27)26-12)11-13-4-9-17(30-2)16(24)10-13/h4-11,20H,1-3H3/b18-11-/t20-/m0/s1. The van der Waals surface area contributed by atoms with Crippen molar-refractivity contribution in [2.24, 2.45) is 4.99 Å². The summed E-state index contributed by atoms with van der Waals surface area (Å²) in [5, 5.41) is 0.562.